The van der Waals surface area contributed by atoms with Crippen LogP contribution >= 0.6 is 12.6 Å². The van der Waals surface area contributed by atoms with Gasteiger partial charge in [-0.1, -0.05) is 30.3 Å². The molecule has 0 aliphatic carbocycles. The Balaban J connectivity index is 2.70. The van der Waals surface area contributed by atoms with Gasteiger partial charge in [-0.2, -0.15) is 0 Å². The molecule has 0 aromatic heterocycles. The summed E-state index contributed by atoms with van der Waals surface area (Å²) in [5, 5.41) is 2.03. The normalized spacial score (nSPS) is 10.3. The summed E-state index contributed by atoms with van der Waals surface area (Å²) < 4.78 is 4.68. The summed E-state index contributed by atoms with van der Waals surface area (Å²) in [6.07, 6.45) is 0. The Morgan fingerprint density at radius 1 is 1.20 bits per heavy atom. The van der Waals surface area contributed by atoms with Crippen molar-refractivity contribution in [3.8, 4) is 0 Å². The van der Waals surface area contributed by atoms with Crippen molar-refractivity contribution in [2.75, 3.05) is 7.11 Å². The molecule has 0 saturated carbocycles. The molecule has 0 radical (unpaired) electrons. The van der Waals surface area contributed by atoms with Crippen LogP contribution in [0.2, 0.25) is 0 Å². The molecule has 0 N–H and O–H groups in total. The van der Waals surface area contributed by atoms with Gasteiger partial charge in [-0.05, 0) is 16.8 Å². The number of benzene rings is 2. The zero-order valence-corrected chi connectivity index (χ0v) is 9.12. The van der Waals surface area contributed by atoms with E-state index in [2.05, 4.69) is 17.4 Å². The highest BCUT2D eigenvalue weighted by molar-refractivity contribution is 7.80. The Hall–Kier alpha value is -1.48. The van der Waals surface area contributed by atoms with Crippen LogP contribution in [0.4, 0.5) is 0 Å². The van der Waals surface area contributed by atoms with E-state index in [0.29, 0.717) is 10.5 Å². The predicted octanol–water partition coefficient (Wildman–Crippen LogP) is 2.92. The minimum atomic E-state index is -0.356. The van der Waals surface area contributed by atoms with Crippen molar-refractivity contribution in [2.24, 2.45) is 0 Å². The first kappa shape index (κ1) is 10.1. The molecule has 2 aromatic rings. The van der Waals surface area contributed by atoms with Crippen molar-refractivity contribution in [1.29, 1.82) is 0 Å². The fourth-order valence-electron chi connectivity index (χ4n) is 1.53. The summed E-state index contributed by atoms with van der Waals surface area (Å²) in [5.41, 5.74) is 0.500. The van der Waals surface area contributed by atoms with Gasteiger partial charge >= 0.3 is 5.97 Å². The fraction of sp³-hybridized carbons (Fsp3) is 0.0833. The molecule has 3 heteroatoms. The third-order valence-electron chi connectivity index (χ3n) is 2.31. The number of esters is 1. The molecule has 2 rings (SSSR count). The van der Waals surface area contributed by atoms with Crippen molar-refractivity contribution in [3.05, 3.63) is 42.0 Å². The van der Waals surface area contributed by atoms with Crippen LogP contribution in [-0.4, -0.2) is 13.1 Å². The van der Waals surface area contributed by atoms with Crippen molar-refractivity contribution in [2.45, 2.75) is 4.90 Å². The molecule has 76 valence electrons. The molecule has 0 atom stereocenters. The number of hydrogen-bond acceptors (Lipinski definition) is 3. The van der Waals surface area contributed by atoms with E-state index < -0.39 is 0 Å². The van der Waals surface area contributed by atoms with Crippen molar-refractivity contribution in [1.82, 2.24) is 0 Å². The quantitative estimate of drug-likeness (QED) is 0.588. The first-order valence-corrected chi connectivity index (χ1v) is 4.98. The highest BCUT2D eigenvalue weighted by atomic mass is 32.1. The van der Waals surface area contributed by atoms with E-state index in [1.165, 1.54) is 7.11 Å². The highest BCUT2D eigenvalue weighted by Crippen LogP contribution is 2.25. The van der Waals surface area contributed by atoms with Crippen LogP contribution in [0.1, 0.15) is 10.4 Å². The van der Waals surface area contributed by atoms with Crippen LogP contribution in [0.3, 0.4) is 0 Å². The number of thiol groups is 1. The van der Waals surface area contributed by atoms with Gasteiger partial charge in [0.25, 0.3) is 0 Å². The molecular formula is C12H10O2S. The van der Waals surface area contributed by atoms with Gasteiger partial charge in [-0.25, -0.2) is 4.79 Å². The molecule has 0 saturated heterocycles. The van der Waals surface area contributed by atoms with Crippen LogP contribution in [0.5, 0.6) is 0 Å². The molecular weight excluding hydrogens is 208 g/mol. The minimum absolute atomic E-state index is 0.356. The van der Waals surface area contributed by atoms with E-state index in [1.807, 2.05) is 30.3 Å². The summed E-state index contributed by atoms with van der Waals surface area (Å²) in [4.78, 5) is 12.1. The number of carbonyl (C=O) groups excluding carboxylic acids is 1. The van der Waals surface area contributed by atoms with Crippen LogP contribution in [0, 0.1) is 0 Å². The molecule has 0 fully saturated rings. The number of methoxy groups -OCH3 is 1. The molecule has 15 heavy (non-hydrogen) atoms. The lowest BCUT2D eigenvalue weighted by molar-refractivity contribution is 0.0597. The van der Waals surface area contributed by atoms with Gasteiger partial charge in [0.1, 0.15) is 0 Å². The van der Waals surface area contributed by atoms with Crippen LogP contribution in [0.25, 0.3) is 10.8 Å². The number of fused-ring (bicyclic) bond motifs is 1. The fourth-order valence-corrected chi connectivity index (χ4v) is 1.90. The Labute approximate surface area is 93.3 Å². The molecule has 0 aliphatic rings. The van der Waals surface area contributed by atoms with Crippen molar-refractivity contribution < 1.29 is 9.53 Å². The average Bonchev–Trinajstić information content (AvgIpc) is 2.29. The van der Waals surface area contributed by atoms with E-state index >= 15 is 0 Å². The Morgan fingerprint density at radius 2 is 1.93 bits per heavy atom. The zero-order chi connectivity index (χ0) is 10.8. The van der Waals surface area contributed by atoms with Crippen LogP contribution < -0.4 is 0 Å². The molecule has 0 aliphatic heterocycles. The molecule has 0 unspecified atom stereocenters. The maximum absolute atomic E-state index is 11.4. The van der Waals surface area contributed by atoms with E-state index in [1.54, 1.807) is 6.07 Å². The predicted molar refractivity (Wildman–Crippen MR) is 62.5 cm³/mol. The third-order valence-corrected chi connectivity index (χ3v) is 2.79. The van der Waals surface area contributed by atoms with Crippen molar-refractivity contribution >= 4 is 29.4 Å². The van der Waals surface area contributed by atoms with Gasteiger partial charge in [0.2, 0.25) is 0 Å². The molecule has 0 heterocycles. The topological polar surface area (TPSA) is 26.3 Å². The molecule has 0 bridgehead atoms. The number of rotatable bonds is 1. The van der Waals surface area contributed by atoms with E-state index in [4.69, 9.17) is 0 Å². The Kier molecular flexibility index (Phi) is 2.64. The summed E-state index contributed by atoms with van der Waals surface area (Å²) in [6.45, 7) is 0. The largest absolute Gasteiger partial charge is 0.465 e. The van der Waals surface area contributed by atoms with Gasteiger partial charge < -0.3 is 4.74 Å². The highest BCUT2D eigenvalue weighted by Gasteiger charge is 2.11. The SMILES string of the molecule is COC(=O)c1ccc2ccccc2c1S. The lowest BCUT2D eigenvalue weighted by Gasteiger charge is -2.06. The van der Waals surface area contributed by atoms with E-state index in [9.17, 15) is 4.79 Å². The summed E-state index contributed by atoms with van der Waals surface area (Å²) in [5.74, 6) is -0.356. The molecule has 0 amide bonds. The first-order chi connectivity index (χ1) is 7.24. The van der Waals surface area contributed by atoms with Crippen LogP contribution in [0.15, 0.2) is 41.3 Å². The number of carbonyl (C=O) groups is 1. The second kappa shape index (κ2) is 3.95. The smallest absolute Gasteiger partial charge is 0.339 e. The second-order valence-electron chi connectivity index (χ2n) is 3.17. The monoisotopic (exact) mass is 218 g/mol. The summed E-state index contributed by atoms with van der Waals surface area (Å²) in [6, 6.07) is 11.4. The van der Waals surface area contributed by atoms with E-state index in [0.717, 1.165) is 10.8 Å². The van der Waals surface area contributed by atoms with Gasteiger partial charge in [0.15, 0.2) is 0 Å². The minimum Gasteiger partial charge on any atom is -0.465 e. The summed E-state index contributed by atoms with van der Waals surface area (Å²) in [7, 11) is 1.37. The maximum Gasteiger partial charge on any atom is 0.339 e. The third kappa shape index (κ3) is 1.70. The lowest BCUT2D eigenvalue weighted by atomic mass is 10.1. The van der Waals surface area contributed by atoms with Gasteiger partial charge in [0.05, 0.1) is 12.7 Å². The Morgan fingerprint density at radius 3 is 2.67 bits per heavy atom. The van der Waals surface area contributed by atoms with Crippen LogP contribution in [-0.2, 0) is 4.74 Å². The molecule has 2 nitrogen and oxygen atoms in total. The van der Waals surface area contributed by atoms with Gasteiger partial charge in [0, 0.05) is 4.90 Å². The molecule has 2 aromatic carbocycles. The maximum atomic E-state index is 11.4. The zero-order valence-electron chi connectivity index (χ0n) is 8.23. The van der Waals surface area contributed by atoms with E-state index in [-0.39, 0.29) is 5.97 Å². The lowest BCUT2D eigenvalue weighted by Crippen LogP contribution is -2.02. The first-order valence-electron chi connectivity index (χ1n) is 4.53. The standard InChI is InChI=1S/C12H10O2S/c1-14-12(13)10-7-6-8-4-2-3-5-9(8)11(10)15/h2-7,15H,1H3. The Bertz CT molecular complexity index is 520. The van der Waals surface area contributed by atoms with Crippen molar-refractivity contribution in [3.63, 3.8) is 0 Å². The van der Waals surface area contributed by atoms with Gasteiger partial charge in [-0.3, -0.25) is 0 Å². The number of hydrogen-bond donors (Lipinski definition) is 1. The van der Waals surface area contributed by atoms with Gasteiger partial charge in [-0.15, -0.1) is 12.6 Å². The molecule has 0 spiro atoms. The summed E-state index contributed by atoms with van der Waals surface area (Å²) >= 11 is 4.36. The number of ether oxygens (including phenoxy) is 1. The second-order valence-corrected chi connectivity index (χ2v) is 3.62. The average molecular weight is 218 g/mol.